The summed E-state index contributed by atoms with van der Waals surface area (Å²) >= 11 is 0. The zero-order chi connectivity index (χ0) is 9.68. The van der Waals surface area contributed by atoms with Crippen molar-refractivity contribution in [2.75, 3.05) is 20.5 Å². The zero-order valence-corrected chi connectivity index (χ0v) is 8.12. The van der Waals surface area contributed by atoms with Crippen LogP contribution >= 0.6 is 0 Å². The molecule has 0 aromatic heterocycles. The van der Waals surface area contributed by atoms with Gasteiger partial charge in [-0.2, -0.15) is 0 Å². The van der Waals surface area contributed by atoms with Crippen molar-refractivity contribution in [3.63, 3.8) is 0 Å². The van der Waals surface area contributed by atoms with Crippen LogP contribution in [0.5, 0.6) is 0 Å². The number of ether oxygens (including phenoxy) is 2. The number of hydrogen-bond acceptors (Lipinski definition) is 3. The number of methoxy groups -OCH3 is 1. The van der Waals surface area contributed by atoms with Gasteiger partial charge in [0.05, 0.1) is 12.4 Å². The molecule has 0 aromatic carbocycles. The molecule has 0 fully saturated rings. The van der Waals surface area contributed by atoms with E-state index in [4.69, 9.17) is 14.6 Å². The Hall–Kier alpha value is -0.800. The molecule has 1 unspecified atom stereocenters. The number of aliphatic hydroxyl groups is 1. The van der Waals surface area contributed by atoms with Gasteiger partial charge in [0.1, 0.15) is 0 Å². The molecular formula is C10H16O3. The first-order valence-electron chi connectivity index (χ1n) is 4.38. The van der Waals surface area contributed by atoms with Gasteiger partial charge < -0.3 is 14.6 Å². The van der Waals surface area contributed by atoms with Crippen LogP contribution in [-0.4, -0.2) is 25.6 Å². The van der Waals surface area contributed by atoms with E-state index >= 15 is 0 Å². The molecule has 1 rings (SSSR count). The number of aliphatic hydroxyl groups excluding tert-OH is 1. The number of hydrogen-bond donors (Lipinski definition) is 1. The third-order valence-electron chi connectivity index (χ3n) is 2.21. The van der Waals surface area contributed by atoms with Gasteiger partial charge in [-0.05, 0) is 13.0 Å². The summed E-state index contributed by atoms with van der Waals surface area (Å²) < 4.78 is 10.1. The predicted octanol–water partition coefficient (Wildman–Crippen LogP) is 1.45. The standard InChI is InChI=1S/C10H16O3/c1-8-3-4-10(13-7-12-2)5-9(8)6-11/h3-4,9,11H,5-7H2,1-2H3. The number of rotatable bonds is 4. The average Bonchev–Trinajstić information content (AvgIpc) is 2.16. The predicted molar refractivity (Wildman–Crippen MR) is 50.0 cm³/mol. The normalized spacial score (nSPS) is 22.2. The van der Waals surface area contributed by atoms with Crippen molar-refractivity contribution in [1.29, 1.82) is 0 Å². The van der Waals surface area contributed by atoms with E-state index in [0.29, 0.717) is 0 Å². The lowest BCUT2D eigenvalue weighted by atomic mass is 9.92. The fraction of sp³-hybridized carbons (Fsp3) is 0.600. The molecule has 0 aromatic rings. The van der Waals surface area contributed by atoms with Gasteiger partial charge in [0.2, 0.25) is 0 Å². The molecule has 1 aliphatic carbocycles. The Labute approximate surface area is 78.7 Å². The van der Waals surface area contributed by atoms with Gasteiger partial charge in [-0.25, -0.2) is 0 Å². The Morgan fingerprint density at radius 1 is 1.54 bits per heavy atom. The summed E-state index contributed by atoms with van der Waals surface area (Å²) in [7, 11) is 1.59. The minimum absolute atomic E-state index is 0.177. The molecule has 0 aliphatic heterocycles. The van der Waals surface area contributed by atoms with Crippen molar-refractivity contribution in [1.82, 2.24) is 0 Å². The van der Waals surface area contributed by atoms with Crippen LogP contribution in [0.4, 0.5) is 0 Å². The van der Waals surface area contributed by atoms with E-state index in [2.05, 4.69) is 0 Å². The molecule has 3 nitrogen and oxygen atoms in total. The van der Waals surface area contributed by atoms with Crippen molar-refractivity contribution < 1.29 is 14.6 Å². The van der Waals surface area contributed by atoms with Gasteiger partial charge in [0.25, 0.3) is 0 Å². The third-order valence-corrected chi connectivity index (χ3v) is 2.21. The van der Waals surface area contributed by atoms with Crippen molar-refractivity contribution in [3.8, 4) is 0 Å². The summed E-state index contributed by atoms with van der Waals surface area (Å²) in [5.74, 6) is 1.09. The van der Waals surface area contributed by atoms with E-state index in [1.807, 2.05) is 19.1 Å². The van der Waals surface area contributed by atoms with E-state index < -0.39 is 0 Å². The molecule has 74 valence electrons. The van der Waals surface area contributed by atoms with Crippen LogP contribution in [0.15, 0.2) is 23.5 Å². The van der Waals surface area contributed by atoms with Crippen LogP contribution in [0.3, 0.4) is 0 Å². The van der Waals surface area contributed by atoms with Crippen molar-refractivity contribution >= 4 is 0 Å². The molecule has 1 aliphatic rings. The summed E-state index contributed by atoms with van der Waals surface area (Å²) in [5, 5.41) is 9.05. The summed E-state index contributed by atoms with van der Waals surface area (Å²) in [6.45, 7) is 2.47. The van der Waals surface area contributed by atoms with Gasteiger partial charge in [-0.3, -0.25) is 0 Å². The molecule has 0 spiro atoms. The van der Waals surface area contributed by atoms with Gasteiger partial charge in [0, 0.05) is 19.4 Å². The molecule has 0 saturated carbocycles. The second-order valence-electron chi connectivity index (χ2n) is 3.18. The summed E-state index contributed by atoms with van der Waals surface area (Å²) in [5.41, 5.74) is 1.20. The highest BCUT2D eigenvalue weighted by molar-refractivity contribution is 5.22. The van der Waals surface area contributed by atoms with Gasteiger partial charge in [-0.1, -0.05) is 11.6 Å². The van der Waals surface area contributed by atoms with E-state index in [1.165, 1.54) is 5.57 Å². The van der Waals surface area contributed by atoms with Crippen LogP contribution in [0.25, 0.3) is 0 Å². The van der Waals surface area contributed by atoms with Crippen molar-refractivity contribution in [2.24, 2.45) is 5.92 Å². The maximum absolute atomic E-state index is 9.05. The first kappa shape index (κ1) is 10.3. The molecular weight excluding hydrogens is 168 g/mol. The molecule has 1 atom stereocenters. The Morgan fingerprint density at radius 2 is 2.31 bits per heavy atom. The Bertz CT molecular complexity index is 218. The maximum atomic E-state index is 9.05. The van der Waals surface area contributed by atoms with Gasteiger partial charge >= 0.3 is 0 Å². The number of allylic oxidation sites excluding steroid dienone is 3. The first-order chi connectivity index (χ1) is 6.27. The van der Waals surface area contributed by atoms with E-state index in [0.717, 1.165) is 12.2 Å². The minimum Gasteiger partial charge on any atom is -0.472 e. The lowest BCUT2D eigenvalue weighted by Crippen LogP contribution is -2.13. The van der Waals surface area contributed by atoms with Crippen molar-refractivity contribution in [2.45, 2.75) is 13.3 Å². The Balaban J connectivity index is 2.50. The van der Waals surface area contributed by atoms with Crippen LogP contribution in [0.1, 0.15) is 13.3 Å². The highest BCUT2D eigenvalue weighted by atomic mass is 16.7. The average molecular weight is 184 g/mol. The third kappa shape index (κ3) is 2.86. The maximum Gasteiger partial charge on any atom is 0.188 e. The minimum atomic E-state index is 0.177. The molecule has 0 bridgehead atoms. The fourth-order valence-electron chi connectivity index (χ4n) is 1.28. The van der Waals surface area contributed by atoms with Crippen LogP contribution < -0.4 is 0 Å². The van der Waals surface area contributed by atoms with Crippen molar-refractivity contribution in [3.05, 3.63) is 23.5 Å². The summed E-state index contributed by atoms with van der Waals surface area (Å²) in [4.78, 5) is 0. The molecule has 13 heavy (non-hydrogen) atoms. The topological polar surface area (TPSA) is 38.7 Å². The molecule has 0 radical (unpaired) electrons. The fourth-order valence-corrected chi connectivity index (χ4v) is 1.28. The van der Waals surface area contributed by atoms with E-state index in [-0.39, 0.29) is 19.3 Å². The largest absolute Gasteiger partial charge is 0.472 e. The monoisotopic (exact) mass is 184 g/mol. The van der Waals surface area contributed by atoms with Gasteiger partial charge in [0.15, 0.2) is 6.79 Å². The molecule has 3 heteroatoms. The Kier molecular flexibility index (Phi) is 3.99. The first-order valence-corrected chi connectivity index (χ1v) is 4.38. The quantitative estimate of drug-likeness (QED) is 0.672. The summed E-state index contributed by atoms with van der Waals surface area (Å²) in [6, 6.07) is 0. The smallest absolute Gasteiger partial charge is 0.188 e. The van der Waals surface area contributed by atoms with Crippen LogP contribution in [-0.2, 0) is 9.47 Å². The second kappa shape index (κ2) is 5.04. The highest BCUT2D eigenvalue weighted by Gasteiger charge is 2.16. The van der Waals surface area contributed by atoms with Crippen LogP contribution in [0.2, 0.25) is 0 Å². The Morgan fingerprint density at radius 3 is 2.92 bits per heavy atom. The molecule has 0 saturated heterocycles. The van der Waals surface area contributed by atoms with Gasteiger partial charge in [-0.15, -0.1) is 0 Å². The summed E-state index contributed by atoms with van der Waals surface area (Å²) in [6.07, 6.45) is 4.68. The molecule has 1 N–H and O–H groups in total. The van der Waals surface area contributed by atoms with E-state index in [1.54, 1.807) is 7.11 Å². The van der Waals surface area contributed by atoms with Crippen LogP contribution in [0, 0.1) is 5.92 Å². The zero-order valence-electron chi connectivity index (χ0n) is 8.12. The molecule has 0 amide bonds. The molecule has 0 heterocycles. The van der Waals surface area contributed by atoms with E-state index in [9.17, 15) is 0 Å². The lowest BCUT2D eigenvalue weighted by Gasteiger charge is -2.20. The lowest BCUT2D eigenvalue weighted by molar-refractivity contribution is -0.000668. The highest BCUT2D eigenvalue weighted by Crippen LogP contribution is 2.24. The second-order valence-corrected chi connectivity index (χ2v) is 3.18. The SMILES string of the molecule is COCOC1=CC=C(C)C(CO)C1.